The molecule has 2 amide bonds. The molecule has 134 valence electrons. The van der Waals surface area contributed by atoms with Crippen molar-refractivity contribution in [2.24, 2.45) is 5.73 Å². The van der Waals surface area contributed by atoms with Gasteiger partial charge in [0.25, 0.3) is 11.8 Å². The van der Waals surface area contributed by atoms with Crippen LogP contribution >= 0.6 is 12.4 Å². The number of carbonyl (C=O) groups is 2. The number of para-hydroxylation sites is 1. The van der Waals surface area contributed by atoms with Crippen LogP contribution in [0.5, 0.6) is 5.75 Å². The molecule has 4 N–H and O–H groups in total. The van der Waals surface area contributed by atoms with Crippen LogP contribution in [0.3, 0.4) is 0 Å². The number of ether oxygens (including phenoxy) is 1. The van der Waals surface area contributed by atoms with E-state index in [1.165, 1.54) is 0 Å². The topological polar surface area (TPSA) is 96.7 Å². The number of nitrogens with one attached hydrogen (secondary N) is 2. The van der Waals surface area contributed by atoms with Gasteiger partial charge < -0.3 is 26.0 Å². The summed E-state index contributed by atoms with van der Waals surface area (Å²) in [6.07, 6.45) is 0.899. The standard InChI is InChI=1S/C16H24N4O3.ClH/c17-15(21)12-23-14-5-2-1-4-13(14)16(22)19-6-3-9-20-10-7-18-8-11-20;/h1-2,4-5,18H,3,6-12H2,(H2,17,21)(H,19,22);1H. The van der Waals surface area contributed by atoms with E-state index in [4.69, 9.17) is 10.5 Å². The molecule has 24 heavy (non-hydrogen) atoms. The Morgan fingerprint density at radius 3 is 2.67 bits per heavy atom. The summed E-state index contributed by atoms with van der Waals surface area (Å²) in [5.74, 6) is -0.410. The van der Waals surface area contributed by atoms with Gasteiger partial charge >= 0.3 is 0 Å². The van der Waals surface area contributed by atoms with Gasteiger partial charge in [-0.1, -0.05) is 12.1 Å². The van der Waals surface area contributed by atoms with Crippen LogP contribution in [0, 0.1) is 0 Å². The van der Waals surface area contributed by atoms with Crippen LogP contribution in [0.1, 0.15) is 16.8 Å². The summed E-state index contributed by atoms with van der Waals surface area (Å²) < 4.78 is 5.27. The van der Waals surface area contributed by atoms with Crippen molar-refractivity contribution in [2.45, 2.75) is 6.42 Å². The fraction of sp³-hybridized carbons (Fsp3) is 0.500. The largest absolute Gasteiger partial charge is 0.483 e. The molecule has 0 atom stereocenters. The predicted octanol–water partition coefficient (Wildman–Crippen LogP) is -0.00240. The monoisotopic (exact) mass is 356 g/mol. The van der Waals surface area contributed by atoms with Crippen molar-refractivity contribution in [1.29, 1.82) is 0 Å². The molecule has 0 spiro atoms. The lowest BCUT2D eigenvalue weighted by molar-refractivity contribution is -0.119. The molecule has 0 saturated carbocycles. The Hall–Kier alpha value is -1.83. The van der Waals surface area contributed by atoms with Gasteiger partial charge in [0.2, 0.25) is 0 Å². The molecular formula is C16H25ClN4O3. The molecule has 1 fully saturated rings. The van der Waals surface area contributed by atoms with Gasteiger partial charge in [0.15, 0.2) is 6.61 Å². The summed E-state index contributed by atoms with van der Waals surface area (Å²) in [4.78, 5) is 25.4. The number of halogens is 1. The van der Waals surface area contributed by atoms with Crippen molar-refractivity contribution < 1.29 is 14.3 Å². The summed E-state index contributed by atoms with van der Waals surface area (Å²) in [5.41, 5.74) is 5.47. The van der Waals surface area contributed by atoms with E-state index in [9.17, 15) is 9.59 Å². The summed E-state index contributed by atoms with van der Waals surface area (Å²) in [5, 5.41) is 6.20. The van der Waals surface area contributed by atoms with Gasteiger partial charge in [-0.05, 0) is 25.1 Å². The van der Waals surface area contributed by atoms with Crippen molar-refractivity contribution in [3.8, 4) is 5.75 Å². The van der Waals surface area contributed by atoms with Gasteiger partial charge in [-0.25, -0.2) is 0 Å². The molecule has 1 saturated heterocycles. The Morgan fingerprint density at radius 1 is 1.25 bits per heavy atom. The lowest BCUT2D eigenvalue weighted by atomic mass is 10.2. The number of hydrogen-bond donors (Lipinski definition) is 3. The van der Waals surface area contributed by atoms with Crippen LogP contribution in [-0.4, -0.2) is 62.6 Å². The van der Waals surface area contributed by atoms with E-state index in [1.807, 2.05) is 0 Å². The van der Waals surface area contributed by atoms with Crippen LogP contribution in [0.25, 0.3) is 0 Å². The molecule has 0 radical (unpaired) electrons. The SMILES string of the molecule is Cl.NC(=O)COc1ccccc1C(=O)NCCCN1CCNCC1. The minimum absolute atomic E-state index is 0. The van der Waals surface area contributed by atoms with E-state index >= 15 is 0 Å². The first-order valence-corrected chi connectivity index (χ1v) is 7.88. The number of carbonyl (C=O) groups excluding carboxylic acids is 2. The lowest BCUT2D eigenvalue weighted by Gasteiger charge is -2.27. The number of amides is 2. The predicted molar refractivity (Wildman–Crippen MR) is 94.6 cm³/mol. The maximum Gasteiger partial charge on any atom is 0.255 e. The second-order valence-electron chi connectivity index (χ2n) is 5.45. The number of nitrogens with zero attached hydrogens (tertiary/aromatic N) is 1. The van der Waals surface area contributed by atoms with Gasteiger partial charge in [-0.3, -0.25) is 9.59 Å². The fourth-order valence-electron chi connectivity index (χ4n) is 2.46. The first-order valence-electron chi connectivity index (χ1n) is 7.88. The number of hydrogen-bond acceptors (Lipinski definition) is 5. The van der Waals surface area contributed by atoms with Crippen LogP contribution in [-0.2, 0) is 4.79 Å². The van der Waals surface area contributed by atoms with E-state index in [2.05, 4.69) is 15.5 Å². The van der Waals surface area contributed by atoms with E-state index < -0.39 is 5.91 Å². The zero-order chi connectivity index (χ0) is 16.5. The molecule has 0 aromatic heterocycles. The van der Waals surface area contributed by atoms with Crippen molar-refractivity contribution >= 4 is 24.2 Å². The number of rotatable bonds is 8. The summed E-state index contributed by atoms with van der Waals surface area (Å²) in [6.45, 7) is 5.49. The Kier molecular flexibility index (Phi) is 9.14. The molecule has 0 aliphatic carbocycles. The first-order chi connectivity index (χ1) is 11.2. The van der Waals surface area contributed by atoms with Crippen LogP contribution in [0.2, 0.25) is 0 Å². The molecule has 0 bridgehead atoms. The maximum absolute atomic E-state index is 12.2. The third-order valence-electron chi connectivity index (χ3n) is 3.65. The smallest absolute Gasteiger partial charge is 0.255 e. The second-order valence-corrected chi connectivity index (χ2v) is 5.45. The average Bonchev–Trinajstić information content (AvgIpc) is 2.58. The Labute approximate surface area is 148 Å². The normalized spacial score (nSPS) is 14.5. The third-order valence-corrected chi connectivity index (χ3v) is 3.65. The Morgan fingerprint density at radius 2 is 1.96 bits per heavy atom. The van der Waals surface area contributed by atoms with Crippen molar-refractivity contribution in [2.75, 3.05) is 45.9 Å². The number of piperazine rings is 1. The van der Waals surface area contributed by atoms with Crippen LogP contribution < -0.4 is 21.1 Å². The van der Waals surface area contributed by atoms with Gasteiger partial charge in [0.05, 0.1) is 5.56 Å². The molecule has 1 aliphatic rings. The van der Waals surface area contributed by atoms with Crippen molar-refractivity contribution in [3.63, 3.8) is 0 Å². The Balaban J connectivity index is 0.00000288. The van der Waals surface area contributed by atoms with Gasteiger partial charge in [0, 0.05) is 32.7 Å². The number of benzene rings is 1. The average molecular weight is 357 g/mol. The molecule has 8 heteroatoms. The highest BCUT2D eigenvalue weighted by molar-refractivity contribution is 5.97. The molecular weight excluding hydrogens is 332 g/mol. The van der Waals surface area contributed by atoms with Gasteiger partial charge in [-0.2, -0.15) is 0 Å². The zero-order valence-electron chi connectivity index (χ0n) is 13.6. The van der Waals surface area contributed by atoms with Gasteiger partial charge in [0.1, 0.15) is 5.75 Å². The number of primary amides is 1. The highest BCUT2D eigenvalue weighted by Crippen LogP contribution is 2.17. The lowest BCUT2D eigenvalue weighted by Crippen LogP contribution is -2.44. The molecule has 1 aliphatic heterocycles. The molecule has 0 unspecified atom stereocenters. The quantitative estimate of drug-likeness (QED) is 0.570. The molecule has 7 nitrogen and oxygen atoms in total. The summed E-state index contributed by atoms with van der Waals surface area (Å²) >= 11 is 0. The van der Waals surface area contributed by atoms with Crippen molar-refractivity contribution in [3.05, 3.63) is 29.8 Å². The number of nitrogens with two attached hydrogens (primary N) is 1. The van der Waals surface area contributed by atoms with E-state index in [1.54, 1.807) is 24.3 Å². The Bertz CT molecular complexity index is 536. The minimum Gasteiger partial charge on any atom is -0.483 e. The van der Waals surface area contributed by atoms with E-state index in [0.717, 1.165) is 39.1 Å². The molecule has 1 aromatic carbocycles. The minimum atomic E-state index is -0.573. The highest BCUT2D eigenvalue weighted by atomic mass is 35.5. The molecule has 1 aromatic rings. The van der Waals surface area contributed by atoms with E-state index in [0.29, 0.717) is 17.9 Å². The zero-order valence-corrected chi connectivity index (χ0v) is 14.4. The third kappa shape index (κ3) is 6.74. The second kappa shape index (κ2) is 10.9. The van der Waals surface area contributed by atoms with Crippen LogP contribution in [0.15, 0.2) is 24.3 Å². The summed E-state index contributed by atoms with van der Waals surface area (Å²) in [7, 11) is 0. The fourth-order valence-corrected chi connectivity index (χ4v) is 2.46. The van der Waals surface area contributed by atoms with E-state index in [-0.39, 0.29) is 24.9 Å². The first kappa shape index (κ1) is 20.2. The summed E-state index contributed by atoms with van der Waals surface area (Å²) in [6, 6.07) is 6.82. The van der Waals surface area contributed by atoms with Crippen LogP contribution in [0.4, 0.5) is 0 Å². The van der Waals surface area contributed by atoms with Crippen molar-refractivity contribution in [1.82, 2.24) is 15.5 Å². The maximum atomic E-state index is 12.2. The molecule has 1 heterocycles. The van der Waals surface area contributed by atoms with Gasteiger partial charge in [-0.15, -0.1) is 12.4 Å². The highest BCUT2D eigenvalue weighted by Gasteiger charge is 2.13. The molecule has 2 rings (SSSR count).